The number of benzene rings is 1. The van der Waals surface area contributed by atoms with Crippen LogP contribution in [-0.4, -0.2) is 29.7 Å². The molecule has 0 aliphatic carbocycles. The SMILES string of the molecule is CCCCCCCCCCCCCCCCCC([N+](=O)[O-])[N+](C)(C)Cc1ccccc1. The van der Waals surface area contributed by atoms with Gasteiger partial charge < -0.3 is 0 Å². The lowest BCUT2D eigenvalue weighted by Gasteiger charge is -2.32. The van der Waals surface area contributed by atoms with Crippen LogP contribution in [-0.2, 0) is 6.54 Å². The van der Waals surface area contributed by atoms with Crippen LogP contribution in [0.15, 0.2) is 30.3 Å². The first kappa shape index (κ1) is 27.6. The fraction of sp³-hybridized carbons (Fsp3) is 0.778. The Balaban J connectivity index is 2.06. The van der Waals surface area contributed by atoms with E-state index < -0.39 is 6.17 Å². The van der Waals surface area contributed by atoms with Gasteiger partial charge in [-0.25, -0.2) is 0 Å². The van der Waals surface area contributed by atoms with Crippen molar-refractivity contribution in [3.8, 4) is 0 Å². The molecule has 0 amide bonds. The molecule has 1 unspecified atom stereocenters. The minimum Gasteiger partial charge on any atom is -0.263 e. The molecule has 4 heteroatoms. The molecule has 1 rings (SSSR count). The first-order chi connectivity index (χ1) is 15.0. The van der Waals surface area contributed by atoms with E-state index in [2.05, 4.69) is 19.1 Å². The van der Waals surface area contributed by atoms with Crippen molar-refractivity contribution in [2.45, 2.75) is 122 Å². The molecule has 0 aromatic heterocycles. The first-order valence-corrected chi connectivity index (χ1v) is 13.0. The summed E-state index contributed by atoms with van der Waals surface area (Å²) < 4.78 is 0.412. The second kappa shape index (κ2) is 17.2. The zero-order valence-corrected chi connectivity index (χ0v) is 20.7. The number of hydrogen-bond donors (Lipinski definition) is 0. The molecule has 0 N–H and O–H groups in total. The highest BCUT2D eigenvalue weighted by Crippen LogP contribution is 2.20. The van der Waals surface area contributed by atoms with Gasteiger partial charge in [0.15, 0.2) is 0 Å². The summed E-state index contributed by atoms with van der Waals surface area (Å²) >= 11 is 0. The summed E-state index contributed by atoms with van der Waals surface area (Å²) in [6.45, 7) is 2.97. The largest absolute Gasteiger partial charge is 0.336 e. The first-order valence-electron chi connectivity index (χ1n) is 13.0. The number of quaternary nitrogens is 1. The second-order valence-corrected chi connectivity index (χ2v) is 9.93. The normalized spacial score (nSPS) is 12.7. The maximum Gasteiger partial charge on any atom is 0.336 e. The minimum absolute atomic E-state index is 0.0627. The zero-order chi connectivity index (χ0) is 22.8. The number of hydrogen-bond acceptors (Lipinski definition) is 2. The molecule has 0 radical (unpaired) electrons. The van der Waals surface area contributed by atoms with Crippen molar-refractivity contribution in [1.29, 1.82) is 0 Å². The Morgan fingerprint density at radius 3 is 1.58 bits per heavy atom. The van der Waals surface area contributed by atoms with Gasteiger partial charge in [0.05, 0.1) is 25.4 Å². The van der Waals surface area contributed by atoms with Gasteiger partial charge in [0.2, 0.25) is 0 Å². The van der Waals surface area contributed by atoms with Crippen LogP contribution < -0.4 is 0 Å². The topological polar surface area (TPSA) is 43.1 Å². The molecule has 4 nitrogen and oxygen atoms in total. The van der Waals surface area contributed by atoms with E-state index in [1.54, 1.807) is 0 Å². The van der Waals surface area contributed by atoms with Crippen molar-refractivity contribution < 1.29 is 9.41 Å². The fourth-order valence-electron chi connectivity index (χ4n) is 4.57. The van der Waals surface area contributed by atoms with Gasteiger partial charge in [-0.2, -0.15) is 0 Å². The van der Waals surface area contributed by atoms with Crippen molar-refractivity contribution in [2.24, 2.45) is 0 Å². The number of nitrogens with zero attached hydrogens (tertiary/aromatic N) is 2. The van der Waals surface area contributed by atoms with Crippen LogP contribution >= 0.6 is 0 Å². The van der Waals surface area contributed by atoms with Crippen molar-refractivity contribution in [2.75, 3.05) is 14.1 Å². The van der Waals surface area contributed by atoms with Crippen molar-refractivity contribution in [3.63, 3.8) is 0 Å². The van der Waals surface area contributed by atoms with Gasteiger partial charge in [0.25, 0.3) is 0 Å². The lowest BCUT2D eigenvalue weighted by atomic mass is 10.0. The Hall–Kier alpha value is -1.42. The van der Waals surface area contributed by atoms with Gasteiger partial charge in [0.1, 0.15) is 6.54 Å². The lowest BCUT2D eigenvalue weighted by Crippen LogP contribution is -2.52. The third kappa shape index (κ3) is 13.6. The van der Waals surface area contributed by atoms with Crippen LogP contribution in [0.3, 0.4) is 0 Å². The number of rotatable bonds is 20. The molecular formula is C27H49N2O2+. The maximum absolute atomic E-state index is 11.7. The van der Waals surface area contributed by atoms with E-state index in [1.165, 1.54) is 83.5 Å². The highest BCUT2D eigenvalue weighted by molar-refractivity contribution is 5.13. The monoisotopic (exact) mass is 433 g/mol. The standard InChI is InChI=1S/C27H49N2O2/c1-4-5-6-7-8-9-10-11-12-13-14-15-16-17-21-24-27(28(30)31)29(2,3)25-26-22-19-18-20-23-26/h18-20,22-23,27H,4-17,21,24-25H2,1-3H3/q+1. The summed E-state index contributed by atoms with van der Waals surface area (Å²) in [5.74, 6) is 0. The van der Waals surface area contributed by atoms with Crippen LogP contribution in [0.25, 0.3) is 0 Å². The van der Waals surface area contributed by atoms with Gasteiger partial charge in [-0.3, -0.25) is 14.6 Å². The summed E-state index contributed by atoms with van der Waals surface area (Å²) in [6, 6.07) is 10.1. The van der Waals surface area contributed by atoms with E-state index in [0.29, 0.717) is 17.4 Å². The van der Waals surface area contributed by atoms with E-state index in [9.17, 15) is 10.1 Å². The molecule has 1 aromatic carbocycles. The van der Waals surface area contributed by atoms with Crippen LogP contribution in [0.4, 0.5) is 0 Å². The molecule has 0 fully saturated rings. The lowest BCUT2D eigenvalue weighted by molar-refractivity contribution is -1.00. The van der Waals surface area contributed by atoms with Crippen LogP contribution in [0.2, 0.25) is 0 Å². The molecule has 0 aliphatic rings. The van der Waals surface area contributed by atoms with Crippen molar-refractivity contribution >= 4 is 0 Å². The average molecular weight is 434 g/mol. The Morgan fingerprint density at radius 2 is 1.16 bits per heavy atom. The van der Waals surface area contributed by atoms with Gasteiger partial charge in [-0.15, -0.1) is 0 Å². The molecule has 31 heavy (non-hydrogen) atoms. The molecule has 178 valence electrons. The van der Waals surface area contributed by atoms with Gasteiger partial charge in [-0.05, 0) is 6.42 Å². The smallest absolute Gasteiger partial charge is 0.263 e. The van der Waals surface area contributed by atoms with Crippen LogP contribution in [0, 0.1) is 10.1 Å². The fourth-order valence-corrected chi connectivity index (χ4v) is 4.57. The molecule has 0 saturated carbocycles. The molecular weight excluding hydrogens is 384 g/mol. The number of unbranched alkanes of at least 4 members (excludes halogenated alkanes) is 14. The Bertz CT molecular complexity index is 560. The molecule has 0 saturated heterocycles. The van der Waals surface area contributed by atoms with E-state index in [-0.39, 0.29) is 4.92 Å². The maximum atomic E-state index is 11.7. The van der Waals surface area contributed by atoms with Crippen LogP contribution in [0.1, 0.15) is 115 Å². The highest BCUT2D eigenvalue weighted by Gasteiger charge is 2.37. The van der Waals surface area contributed by atoms with E-state index in [0.717, 1.165) is 18.4 Å². The molecule has 0 heterocycles. The third-order valence-electron chi connectivity index (χ3n) is 6.55. The number of nitro groups is 1. The second-order valence-electron chi connectivity index (χ2n) is 9.93. The van der Waals surface area contributed by atoms with E-state index >= 15 is 0 Å². The third-order valence-corrected chi connectivity index (χ3v) is 6.55. The average Bonchev–Trinajstić information content (AvgIpc) is 2.73. The summed E-state index contributed by atoms with van der Waals surface area (Å²) in [4.78, 5) is 11.6. The van der Waals surface area contributed by atoms with Crippen LogP contribution in [0.5, 0.6) is 0 Å². The predicted octanol–water partition coefficient (Wildman–Crippen LogP) is 8.13. The summed E-state index contributed by atoms with van der Waals surface area (Å²) in [5.41, 5.74) is 1.16. The molecule has 0 aliphatic heterocycles. The van der Waals surface area contributed by atoms with E-state index in [1.807, 2.05) is 32.3 Å². The molecule has 1 aromatic rings. The predicted molar refractivity (Wildman–Crippen MR) is 133 cm³/mol. The van der Waals surface area contributed by atoms with E-state index in [4.69, 9.17) is 0 Å². The highest BCUT2D eigenvalue weighted by atomic mass is 16.6. The molecule has 0 spiro atoms. The van der Waals surface area contributed by atoms with Gasteiger partial charge >= 0.3 is 6.17 Å². The summed E-state index contributed by atoms with van der Waals surface area (Å²) in [6.07, 6.45) is 20.0. The summed E-state index contributed by atoms with van der Waals surface area (Å²) in [7, 11) is 3.98. The summed E-state index contributed by atoms with van der Waals surface area (Å²) in [5, 5.41) is 11.7. The molecule has 1 atom stereocenters. The van der Waals surface area contributed by atoms with Crippen molar-refractivity contribution in [1.82, 2.24) is 0 Å². The minimum atomic E-state index is -0.526. The van der Waals surface area contributed by atoms with Gasteiger partial charge in [0, 0.05) is 5.56 Å². The Morgan fingerprint density at radius 1 is 0.742 bits per heavy atom. The molecule has 0 bridgehead atoms. The zero-order valence-electron chi connectivity index (χ0n) is 20.7. The quantitative estimate of drug-likeness (QED) is 0.0685. The Kier molecular flexibility index (Phi) is 15.3. The Labute approximate surface area is 192 Å². The van der Waals surface area contributed by atoms with Crippen molar-refractivity contribution in [3.05, 3.63) is 46.0 Å². The van der Waals surface area contributed by atoms with Gasteiger partial charge in [-0.1, -0.05) is 127 Å².